The van der Waals surface area contributed by atoms with Gasteiger partial charge in [0.15, 0.2) is 0 Å². The second-order valence-electron chi connectivity index (χ2n) is 6.66. The molecule has 29 heavy (non-hydrogen) atoms. The lowest BCUT2D eigenvalue weighted by Crippen LogP contribution is -2.20. The molecule has 0 aliphatic carbocycles. The molecule has 5 nitrogen and oxygen atoms in total. The monoisotopic (exact) mass is 410 g/mol. The molecule has 0 unspecified atom stereocenters. The van der Waals surface area contributed by atoms with Crippen molar-refractivity contribution in [2.75, 3.05) is 11.9 Å². The predicted molar refractivity (Wildman–Crippen MR) is 115 cm³/mol. The Labute approximate surface area is 175 Å². The van der Waals surface area contributed by atoms with Crippen molar-refractivity contribution in [3.05, 3.63) is 76.4 Å². The molecule has 1 aromatic heterocycles. The average molecular weight is 411 g/mol. The zero-order chi connectivity index (χ0) is 21.0. The zero-order valence-corrected chi connectivity index (χ0v) is 17.4. The summed E-state index contributed by atoms with van der Waals surface area (Å²) < 4.78 is 7.10. The lowest BCUT2D eigenvalue weighted by atomic mass is 10.1. The van der Waals surface area contributed by atoms with E-state index in [1.807, 2.05) is 48.7 Å². The van der Waals surface area contributed by atoms with Gasteiger partial charge in [-0.1, -0.05) is 41.9 Å². The first-order valence-corrected chi connectivity index (χ1v) is 9.77. The van der Waals surface area contributed by atoms with Crippen molar-refractivity contribution >= 4 is 29.2 Å². The van der Waals surface area contributed by atoms with Crippen LogP contribution in [0.25, 0.3) is 11.3 Å². The molecule has 1 N–H and O–H groups in total. The molecular weight excluding hydrogens is 388 g/mol. The molecule has 0 atom stereocenters. The van der Waals surface area contributed by atoms with E-state index >= 15 is 0 Å². The number of anilines is 1. The molecule has 0 aliphatic heterocycles. The number of rotatable bonds is 6. The van der Waals surface area contributed by atoms with Crippen LogP contribution in [0.15, 0.2) is 54.6 Å². The molecule has 3 aromatic rings. The molecule has 6 heteroatoms. The van der Waals surface area contributed by atoms with E-state index in [4.69, 9.17) is 16.3 Å². The van der Waals surface area contributed by atoms with Crippen molar-refractivity contribution in [1.82, 2.24) is 4.57 Å². The second-order valence-corrected chi connectivity index (χ2v) is 7.10. The van der Waals surface area contributed by atoms with Gasteiger partial charge in [-0.05, 0) is 56.2 Å². The normalized spacial score (nSPS) is 10.6. The van der Waals surface area contributed by atoms with E-state index in [2.05, 4.69) is 5.32 Å². The molecular formula is C23H23ClN2O3. The molecule has 1 amide bonds. The summed E-state index contributed by atoms with van der Waals surface area (Å²) in [6, 6.07) is 16.6. The van der Waals surface area contributed by atoms with Gasteiger partial charge in [-0.3, -0.25) is 4.79 Å². The summed E-state index contributed by atoms with van der Waals surface area (Å²) in [6.45, 7) is 5.85. The number of nitrogens with one attached hydrogen (secondary N) is 1. The molecule has 3 rings (SSSR count). The molecule has 2 aromatic carbocycles. The molecule has 0 spiro atoms. The van der Waals surface area contributed by atoms with Crippen molar-refractivity contribution in [2.45, 2.75) is 27.3 Å². The van der Waals surface area contributed by atoms with Crippen molar-refractivity contribution in [1.29, 1.82) is 0 Å². The van der Waals surface area contributed by atoms with Crippen LogP contribution < -0.4 is 5.32 Å². The number of carbonyl (C=O) groups is 2. The maximum atomic E-state index is 12.7. The van der Waals surface area contributed by atoms with E-state index in [1.165, 1.54) is 0 Å². The average Bonchev–Trinajstić information content (AvgIpc) is 2.94. The third-order valence-corrected chi connectivity index (χ3v) is 4.98. The Balaban J connectivity index is 1.99. The Morgan fingerprint density at radius 2 is 1.69 bits per heavy atom. The number of aromatic nitrogens is 1. The SMILES string of the molecule is CCOC(=O)c1c(C)c(-c2ccccc2)n(CC(=O)Nc2ccc(Cl)cc2)c1C. The fourth-order valence-corrected chi connectivity index (χ4v) is 3.57. The smallest absolute Gasteiger partial charge is 0.340 e. The van der Waals surface area contributed by atoms with Crippen molar-refractivity contribution in [3.8, 4) is 11.3 Å². The van der Waals surface area contributed by atoms with E-state index in [-0.39, 0.29) is 18.4 Å². The Morgan fingerprint density at radius 3 is 2.31 bits per heavy atom. The van der Waals surface area contributed by atoms with Gasteiger partial charge in [0.25, 0.3) is 0 Å². The van der Waals surface area contributed by atoms with Gasteiger partial charge >= 0.3 is 5.97 Å². The van der Waals surface area contributed by atoms with Gasteiger partial charge in [-0.15, -0.1) is 0 Å². The number of esters is 1. The second kappa shape index (κ2) is 8.97. The molecule has 0 saturated heterocycles. The largest absolute Gasteiger partial charge is 0.462 e. The number of hydrogen-bond donors (Lipinski definition) is 1. The summed E-state index contributed by atoms with van der Waals surface area (Å²) in [5.74, 6) is -0.574. The highest BCUT2D eigenvalue weighted by molar-refractivity contribution is 6.30. The Kier molecular flexibility index (Phi) is 6.39. The van der Waals surface area contributed by atoms with Crippen molar-refractivity contribution in [2.24, 2.45) is 0 Å². The molecule has 0 radical (unpaired) electrons. The Morgan fingerprint density at radius 1 is 1.03 bits per heavy atom. The maximum Gasteiger partial charge on any atom is 0.340 e. The number of nitrogens with zero attached hydrogens (tertiary/aromatic N) is 1. The Bertz CT molecular complexity index is 1020. The third-order valence-electron chi connectivity index (χ3n) is 4.72. The van der Waals surface area contributed by atoms with Crippen LogP contribution in [-0.4, -0.2) is 23.1 Å². The zero-order valence-electron chi connectivity index (χ0n) is 16.7. The van der Waals surface area contributed by atoms with Gasteiger partial charge in [-0.25, -0.2) is 4.79 Å². The van der Waals surface area contributed by atoms with Crippen LogP contribution in [0.5, 0.6) is 0 Å². The van der Waals surface area contributed by atoms with Crippen LogP contribution in [0.4, 0.5) is 5.69 Å². The quantitative estimate of drug-likeness (QED) is 0.565. The first-order valence-electron chi connectivity index (χ1n) is 9.40. The maximum absolute atomic E-state index is 12.7. The molecule has 1 heterocycles. The minimum absolute atomic E-state index is 0.0684. The van der Waals surface area contributed by atoms with E-state index in [0.29, 0.717) is 28.6 Å². The van der Waals surface area contributed by atoms with Crippen molar-refractivity contribution < 1.29 is 14.3 Å². The molecule has 0 fully saturated rings. The van der Waals surface area contributed by atoms with Gasteiger partial charge in [0.1, 0.15) is 6.54 Å². The Hall–Kier alpha value is -3.05. The number of ether oxygens (including phenoxy) is 1. The number of carbonyl (C=O) groups excluding carboxylic acids is 2. The minimum Gasteiger partial charge on any atom is -0.462 e. The molecule has 0 aliphatic rings. The number of halogens is 1. The lowest BCUT2D eigenvalue weighted by molar-refractivity contribution is -0.116. The number of amides is 1. The number of hydrogen-bond acceptors (Lipinski definition) is 3. The highest BCUT2D eigenvalue weighted by atomic mass is 35.5. The van der Waals surface area contributed by atoms with Gasteiger partial charge in [0.05, 0.1) is 17.9 Å². The van der Waals surface area contributed by atoms with Crippen molar-refractivity contribution in [3.63, 3.8) is 0 Å². The van der Waals surface area contributed by atoms with Crippen LogP contribution in [-0.2, 0) is 16.1 Å². The van der Waals surface area contributed by atoms with Gasteiger partial charge < -0.3 is 14.6 Å². The summed E-state index contributed by atoms with van der Waals surface area (Å²) in [5, 5.41) is 3.47. The molecule has 0 bridgehead atoms. The standard InChI is InChI=1S/C23H23ClN2O3/c1-4-29-23(28)21-15(2)22(17-8-6-5-7-9-17)26(16(21)3)14-20(27)25-19-12-10-18(24)11-13-19/h5-13H,4,14H2,1-3H3,(H,25,27). The topological polar surface area (TPSA) is 60.3 Å². The first-order chi connectivity index (χ1) is 13.9. The van der Waals surface area contributed by atoms with E-state index < -0.39 is 0 Å². The fraction of sp³-hybridized carbons (Fsp3) is 0.217. The lowest BCUT2D eigenvalue weighted by Gasteiger charge is -2.13. The molecule has 150 valence electrons. The van der Waals surface area contributed by atoms with E-state index in [0.717, 1.165) is 16.8 Å². The summed E-state index contributed by atoms with van der Waals surface area (Å²) in [6.07, 6.45) is 0. The van der Waals surface area contributed by atoms with E-state index in [1.54, 1.807) is 31.2 Å². The number of benzene rings is 2. The van der Waals surface area contributed by atoms with Crippen LogP contribution in [0, 0.1) is 13.8 Å². The summed E-state index contributed by atoms with van der Waals surface area (Å²) in [5.41, 5.74) is 4.43. The van der Waals surface area contributed by atoms with Gasteiger partial charge in [0.2, 0.25) is 5.91 Å². The third kappa shape index (κ3) is 4.51. The predicted octanol–water partition coefficient (Wildman–Crippen LogP) is 5.24. The van der Waals surface area contributed by atoms with Crippen LogP contribution in [0.1, 0.15) is 28.5 Å². The summed E-state index contributed by atoms with van der Waals surface area (Å²) >= 11 is 5.90. The van der Waals surface area contributed by atoms with Gasteiger partial charge in [0, 0.05) is 16.4 Å². The highest BCUT2D eigenvalue weighted by Gasteiger charge is 2.25. The minimum atomic E-state index is -0.378. The highest BCUT2D eigenvalue weighted by Crippen LogP contribution is 2.31. The summed E-state index contributed by atoms with van der Waals surface area (Å²) in [4.78, 5) is 25.3. The fourth-order valence-electron chi connectivity index (χ4n) is 3.44. The molecule has 0 saturated carbocycles. The van der Waals surface area contributed by atoms with Crippen LogP contribution in [0.2, 0.25) is 5.02 Å². The van der Waals surface area contributed by atoms with Gasteiger partial charge in [-0.2, -0.15) is 0 Å². The van der Waals surface area contributed by atoms with Crippen LogP contribution >= 0.6 is 11.6 Å². The summed E-state index contributed by atoms with van der Waals surface area (Å²) in [7, 11) is 0. The van der Waals surface area contributed by atoms with E-state index in [9.17, 15) is 9.59 Å². The van der Waals surface area contributed by atoms with Crippen LogP contribution in [0.3, 0.4) is 0 Å². The first kappa shape index (κ1) is 20.7.